The van der Waals surface area contributed by atoms with Crippen LogP contribution < -0.4 is 5.32 Å². The number of nitrogens with zero attached hydrogens (tertiary/aromatic N) is 3. The average molecular weight is 697 g/mol. The number of aromatic nitrogens is 2. The van der Waals surface area contributed by atoms with Gasteiger partial charge in [-0.25, -0.2) is 4.98 Å². The Kier molecular flexibility index (Phi) is 9.42. The highest BCUT2D eigenvalue weighted by atomic mass is 16.7. The highest BCUT2D eigenvalue weighted by Gasteiger charge is 2.50. The molecule has 5 aromatic rings. The Morgan fingerprint density at radius 3 is 2.44 bits per heavy atom. The Hall–Kier alpha value is -4.47. The van der Waals surface area contributed by atoms with E-state index in [0.29, 0.717) is 34.6 Å². The van der Waals surface area contributed by atoms with E-state index in [-0.39, 0.29) is 24.7 Å². The van der Waals surface area contributed by atoms with E-state index in [1.165, 1.54) is 25.5 Å². The largest absolute Gasteiger partial charge is 0.392 e. The molecule has 4 aromatic carbocycles. The van der Waals surface area contributed by atoms with Crippen molar-refractivity contribution in [2.24, 2.45) is 10.8 Å². The van der Waals surface area contributed by atoms with Crippen molar-refractivity contribution in [2.45, 2.75) is 84.1 Å². The normalized spacial score (nSPS) is 25.6. The van der Waals surface area contributed by atoms with Gasteiger partial charge < -0.3 is 19.9 Å². The van der Waals surface area contributed by atoms with E-state index in [1.807, 2.05) is 48.5 Å². The van der Waals surface area contributed by atoms with Gasteiger partial charge in [0.1, 0.15) is 5.69 Å². The maximum atomic E-state index is 13.0. The molecule has 8 rings (SSSR count). The maximum absolute atomic E-state index is 13.0. The summed E-state index contributed by atoms with van der Waals surface area (Å²) in [6, 6.07) is 32.9. The maximum Gasteiger partial charge on any atom is 0.271 e. The number of benzene rings is 4. The van der Waals surface area contributed by atoms with Gasteiger partial charge >= 0.3 is 0 Å². The Morgan fingerprint density at radius 1 is 0.865 bits per heavy atom. The van der Waals surface area contributed by atoms with Gasteiger partial charge in [-0.15, -0.1) is 0 Å². The molecular formula is C44H48N4O4. The second kappa shape index (κ2) is 14.2. The average Bonchev–Trinajstić information content (AvgIpc) is 3.40. The molecule has 2 N–H and O–H groups in total. The van der Waals surface area contributed by atoms with E-state index in [2.05, 4.69) is 89.5 Å². The van der Waals surface area contributed by atoms with Crippen molar-refractivity contribution < 1.29 is 19.4 Å². The van der Waals surface area contributed by atoms with Crippen LogP contribution in [0.15, 0.2) is 103 Å². The van der Waals surface area contributed by atoms with Crippen LogP contribution in [0.1, 0.15) is 91.6 Å². The molecule has 52 heavy (non-hydrogen) atoms. The number of likely N-dealkylation sites (tertiary alicyclic amines) is 1. The standard InChI is InChI=1S/C44H48N4O4/c1-43(2)21-35-22-44(3,27-43)28-48(35)25-36-20-40(31-16-14-29(26-49)15-17-31)52-42(51-36)34-11-7-10-33(19-34)32-9-6-8-30(18-32)23-46-41(50)39-24-45-37-12-4-5-13-38(37)47-39/h4-19,24,35-36,40,42,49H,20-23,25-28H2,1-3H3,(H,46,50)/t35?,36-,40+,42+,44?/m1/s1. The summed E-state index contributed by atoms with van der Waals surface area (Å²) < 4.78 is 13.6. The van der Waals surface area contributed by atoms with Crippen LogP contribution in [0, 0.1) is 10.8 Å². The molecule has 8 nitrogen and oxygen atoms in total. The van der Waals surface area contributed by atoms with Crippen molar-refractivity contribution in [2.75, 3.05) is 13.1 Å². The van der Waals surface area contributed by atoms with Gasteiger partial charge in [0.15, 0.2) is 6.29 Å². The second-order valence-corrected chi connectivity index (χ2v) is 16.2. The smallest absolute Gasteiger partial charge is 0.271 e. The van der Waals surface area contributed by atoms with Crippen molar-refractivity contribution in [1.29, 1.82) is 0 Å². The second-order valence-electron chi connectivity index (χ2n) is 16.2. The molecule has 1 aliphatic carbocycles. The van der Waals surface area contributed by atoms with E-state index in [1.54, 1.807) is 0 Å². The van der Waals surface area contributed by atoms with Gasteiger partial charge in [0.2, 0.25) is 0 Å². The Bertz CT molecular complexity index is 2070. The third-order valence-electron chi connectivity index (χ3n) is 11.1. The van der Waals surface area contributed by atoms with E-state index in [4.69, 9.17) is 9.47 Å². The molecule has 2 bridgehead atoms. The zero-order valence-corrected chi connectivity index (χ0v) is 30.3. The molecule has 3 aliphatic rings. The minimum atomic E-state index is -0.527. The molecule has 0 radical (unpaired) electrons. The van der Waals surface area contributed by atoms with E-state index in [9.17, 15) is 9.90 Å². The first-order chi connectivity index (χ1) is 25.1. The third-order valence-corrected chi connectivity index (χ3v) is 11.1. The highest BCUT2D eigenvalue weighted by Crippen LogP contribution is 2.53. The van der Waals surface area contributed by atoms with Crippen LogP contribution in [0.2, 0.25) is 0 Å². The first-order valence-corrected chi connectivity index (χ1v) is 18.6. The molecule has 3 heterocycles. The number of rotatable bonds is 9. The number of ether oxygens (including phenoxy) is 2. The van der Waals surface area contributed by atoms with Crippen LogP contribution in [0.4, 0.5) is 0 Å². The Labute approximate surface area is 306 Å². The summed E-state index contributed by atoms with van der Waals surface area (Å²) in [5.41, 5.74) is 8.49. The Balaban J connectivity index is 0.999. The van der Waals surface area contributed by atoms with E-state index < -0.39 is 6.29 Å². The molecular weight excluding hydrogens is 649 g/mol. The van der Waals surface area contributed by atoms with Gasteiger partial charge in [-0.1, -0.05) is 93.6 Å². The number of nitrogens with one attached hydrogen (secondary N) is 1. The lowest BCUT2D eigenvalue weighted by molar-refractivity contribution is -0.253. The number of hydrogen-bond acceptors (Lipinski definition) is 7. The first-order valence-electron chi connectivity index (χ1n) is 18.6. The molecule has 2 aliphatic heterocycles. The number of aliphatic hydroxyl groups excluding tert-OH is 1. The van der Waals surface area contributed by atoms with Gasteiger partial charge in [-0.2, -0.15) is 0 Å². The summed E-state index contributed by atoms with van der Waals surface area (Å²) in [6.07, 6.45) is 5.40. The van der Waals surface area contributed by atoms with Gasteiger partial charge in [-0.3, -0.25) is 14.7 Å². The fourth-order valence-corrected chi connectivity index (χ4v) is 9.15. The topological polar surface area (TPSA) is 96.8 Å². The predicted octanol–water partition coefficient (Wildman–Crippen LogP) is 8.17. The number of fused-ring (bicyclic) bond motifs is 3. The summed E-state index contributed by atoms with van der Waals surface area (Å²) in [5, 5.41) is 12.7. The van der Waals surface area contributed by atoms with Gasteiger partial charge in [0.05, 0.1) is 36.0 Å². The summed E-state index contributed by atoms with van der Waals surface area (Å²) in [4.78, 5) is 24.5. The van der Waals surface area contributed by atoms with Crippen LogP contribution in [-0.4, -0.2) is 51.1 Å². The van der Waals surface area contributed by atoms with Gasteiger partial charge in [-0.05, 0) is 82.2 Å². The lowest BCUT2D eigenvalue weighted by Gasteiger charge is -2.41. The minimum absolute atomic E-state index is 0.00946. The third kappa shape index (κ3) is 7.53. The number of amides is 1. The molecule has 268 valence electrons. The van der Waals surface area contributed by atoms with Crippen molar-refractivity contribution in [1.82, 2.24) is 20.2 Å². The molecule has 1 amide bonds. The first kappa shape index (κ1) is 34.6. The summed E-state index contributed by atoms with van der Waals surface area (Å²) in [6.45, 7) is 9.70. The monoisotopic (exact) mass is 696 g/mol. The number of carbonyl (C=O) groups excluding carboxylic acids is 1. The van der Waals surface area contributed by atoms with Crippen LogP contribution in [0.3, 0.4) is 0 Å². The van der Waals surface area contributed by atoms with Crippen molar-refractivity contribution in [3.63, 3.8) is 0 Å². The van der Waals surface area contributed by atoms with E-state index >= 15 is 0 Å². The summed E-state index contributed by atoms with van der Waals surface area (Å²) in [5.74, 6) is -0.262. The lowest BCUT2D eigenvalue weighted by atomic mass is 9.65. The number of hydrogen-bond donors (Lipinski definition) is 2. The van der Waals surface area contributed by atoms with Crippen molar-refractivity contribution in [3.05, 3.63) is 131 Å². The molecule has 1 saturated carbocycles. The molecule has 2 unspecified atom stereocenters. The number of carbonyl (C=O) groups is 1. The summed E-state index contributed by atoms with van der Waals surface area (Å²) >= 11 is 0. The molecule has 3 fully saturated rings. The van der Waals surface area contributed by atoms with Crippen molar-refractivity contribution in [3.8, 4) is 11.1 Å². The molecule has 1 aromatic heterocycles. The predicted molar refractivity (Wildman–Crippen MR) is 202 cm³/mol. The fourth-order valence-electron chi connectivity index (χ4n) is 9.15. The van der Waals surface area contributed by atoms with E-state index in [0.717, 1.165) is 58.4 Å². The lowest BCUT2D eigenvalue weighted by Crippen LogP contribution is -2.42. The zero-order chi connectivity index (χ0) is 35.9. The number of para-hydroxylation sites is 2. The SMILES string of the molecule is CC1(C)CC2CC(C)(CN2C[C@H]2C[C@@H](c3ccc(CO)cc3)O[C@@H](c3cccc(-c4cccc(CNC(=O)c5cnc6ccccc6n5)c4)c3)O2)C1. The van der Waals surface area contributed by atoms with Crippen LogP contribution >= 0.6 is 0 Å². The quantitative estimate of drug-likeness (QED) is 0.161. The van der Waals surface area contributed by atoms with Crippen LogP contribution in [-0.2, 0) is 22.6 Å². The molecule has 0 spiro atoms. The van der Waals surface area contributed by atoms with Crippen LogP contribution in [0.25, 0.3) is 22.2 Å². The number of aliphatic hydroxyl groups is 1. The Morgan fingerprint density at radius 2 is 1.63 bits per heavy atom. The molecule has 5 atom stereocenters. The van der Waals surface area contributed by atoms with Crippen LogP contribution in [0.5, 0.6) is 0 Å². The van der Waals surface area contributed by atoms with Gasteiger partial charge in [0.25, 0.3) is 5.91 Å². The summed E-state index contributed by atoms with van der Waals surface area (Å²) in [7, 11) is 0. The van der Waals surface area contributed by atoms with Crippen molar-refractivity contribution >= 4 is 16.9 Å². The zero-order valence-electron chi connectivity index (χ0n) is 30.3. The highest BCUT2D eigenvalue weighted by molar-refractivity contribution is 5.93. The fraction of sp³-hybridized carbons (Fsp3) is 0.386. The minimum Gasteiger partial charge on any atom is -0.392 e. The van der Waals surface area contributed by atoms with Gasteiger partial charge in [0, 0.05) is 37.7 Å². The molecule has 8 heteroatoms. The molecule has 2 saturated heterocycles.